The first-order valence-electron chi connectivity index (χ1n) is 12.2. The highest BCUT2D eigenvalue weighted by Crippen LogP contribution is 2.36. The molecular weight excluding hydrogens is 594 g/mol. The number of pyridine rings is 2. The van der Waals surface area contributed by atoms with Crippen LogP contribution in [-0.2, 0) is 0 Å². The largest absolute Gasteiger partial charge is 0.412 e. The van der Waals surface area contributed by atoms with Crippen LogP contribution in [0, 0.1) is 17.5 Å². The number of anilines is 1. The van der Waals surface area contributed by atoms with E-state index in [0.29, 0.717) is 22.9 Å². The third-order valence-corrected chi connectivity index (χ3v) is 7.05. The summed E-state index contributed by atoms with van der Waals surface area (Å²) in [4.78, 5) is 32.2. The summed E-state index contributed by atoms with van der Waals surface area (Å²) < 4.78 is 86.2. The van der Waals surface area contributed by atoms with Crippen LogP contribution in [0.25, 0.3) is 16.7 Å². The third kappa shape index (κ3) is 5.40. The number of aliphatic hydroxyl groups excluding tert-OH is 2. The number of halogens is 7. The lowest BCUT2D eigenvalue weighted by atomic mass is 10.1. The Balaban J connectivity index is 1.69. The summed E-state index contributed by atoms with van der Waals surface area (Å²) >= 11 is 5.93. The molecule has 1 unspecified atom stereocenters. The number of benzene rings is 2. The van der Waals surface area contributed by atoms with Gasteiger partial charge >= 0.3 is 6.18 Å². The second kappa shape index (κ2) is 10.9. The van der Waals surface area contributed by atoms with Crippen LogP contribution in [0.15, 0.2) is 59.5 Å². The van der Waals surface area contributed by atoms with E-state index in [-0.39, 0.29) is 23.9 Å². The molecule has 0 saturated carbocycles. The van der Waals surface area contributed by atoms with Gasteiger partial charge in [-0.1, -0.05) is 29.8 Å². The van der Waals surface area contributed by atoms with Crippen LogP contribution in [0.2, 0.25) is 5.02 Å². The summed E-state index contributed by atoms with van der Waals surface area (Å²) in [6, 6.07) is 5.23. The Morgan fingerprint density at radius 2 is 1.64 bits per heavy atom. The molecule has 3 heterocycles. The Bertz CT molecular complexity index is 1730. The van der Waals surface area contributed by atoms with E-state index in [1.54, 1.807) is 5.32 Å². The quantitative estimate of drug-likeness (QED) is 0.294. The normalized spacial score (nSPS) is 18.0. The predicted octanol–water partition coefficient (Wildman–Crippen LogP) is 4.03. The first-order chi connectivity index (χ1) is 19.8. The highest BCUT2D eigenvalue weighted by molar-refractivity contribution is 6.31. The number of fused-ring (bicyclic) bond motifs is 1. The van der Waals surface area contributed by atoms with Crippen LogP contribution in [0.3, 0.4) is 0 Å². The lowest BCUT2D eigenvalue weighted by Gasteiger charge is -2.23. The minimum Gasteiger partial charge on any atom is -0.389 e. The fourth-order valence-corrected chi connectivity index (χ4v) is 4.92. The van der Waals surface area contributed by atoms with Crippen molar-refractivity contribution in [2.24, 2.45) is 0 Å². The fraction of sp³-hybridized carbons (Fsp3) is 0.222. The molecule has 3 N–H and O–H groups in total. The summed E-state index contributed by atoms with van der Waals surface area (Å²) in [5, 5.41) is 20.8. The van der Waals surface area contributed by atoms with Crippen molar-refractivity contribution in [3.8, 4) is 5.69 Å². The number of nitrogens with zero attached hydrogens (tertiary/aromatic N) is 3. The van der Waals surface area contributed by atoms with E-state index in [4.69, 9.17) is 11.6 Å². The predicted molar refractivity (Wildman–Crippen MR) is 139 cm³/mol. The molecule has 0 bridgehead atoms. The van der Waals surface area contributed by atoms with Gasteiger partial charge in [0.05, 0.1) is 17.6 Å². The minimum atomic E-state index is -5.06. The number of carbonyl (C=O) groups excluding carboxylic acids is 1. The Morgan fingerprint density at radius 3 is 2.24 bits per heavy atom. The molecule has 5 rings (SSSR count). The van der Waals surface area contributed by atoms with Gasteiger partial charge in [0.2, 0.25) is 5.43 Å². The Kier molecular flexibility index (Phi) is 7.64. The maximum absolute atomic E-state index is 14.9. The van der Waals surface area contributed by atoms with Gasteiger partial charge in [-0.3, -0.25) is 14.2 Å². The molecule has 220 valence electrons. The van der Waals surface area contributed by atoms with E-state index in [1.165, 1.54) is 29.2 Å². The van der Waals surface area contributed by atoms with Crippen LogP contribution in [0.5, 0.6) is 0 Å². The van der Waals surface area contributed by atoms with Gasteiger partial charge in [-0.05, 0) is 18.2 Å². The molecule has 1 aliphatic rings. The monoisotopic (exact) mass is 612 g/mol. The molecule has 1 saturated heterocycles. The second-order valence-electron chi connectivity index (χ2n) is 9.51. The molecule has 0 radical (unpaired) electrons. The van der Waals surface area contributed by atoms with Crippen LogP contribution in [0.1, 0.15) is 22.0 Å². The van der Waals surface area contributed by atoms with Gasteiger partial charge < -0.3 is 20.4 Å². The molecule has 2 aromatic heterocycles. The van der Waals surface area contributed by atoms with E-state index in [9.17, 15) is 46.1 Å². The van der Waals surface area contributed by atoms with E-state index >= 15 is 0 Å². The average molecular weight is 613 g/mol. The molecule has 42 heavy (non-hydrogen) atoms. The van der Waals surface area contributed by atoms with E-state index < -0.39 is 81.1 Å². The highest BCUT2D eigenvalue weighted by Gasteiger charge is 2.43. The zero-order chi connectivity index (χ0) is 30.5. The van der Waals surface area contributed by atoms with Gasteiger partial charge in [-0.25, -0.2) is 18.2 Å². The molecule has 15 heteroatoms. The Labute approximate surface area is 237 Å². The summed E-state index contributed by atoms with van der Waals surface area (Å²) in [5.74, 6) is -5.70. The molecule has 3 atom stereocenters. The SMILES string of the molecule is O=C(NC(c1ccccc1Cl)C(F)(F)F)c1cn(-c2c(F)cc(F)cc2F)c2nc(N3C[C@@H](O)[C@H](O)C3)ccc2c1=O. The average Bonchev–Trinajstić information content (AvgIpc) is 3.25. The summed E-state index contributed by atoms with van der Waals surface area (Å²) in [6.45, 7) is -0.158. The van der Waals surface area contributed by atoms with Crippen molar-refractivity contribution < 1.29 is 41.4 Å². The van der Waals surface area contributed by atoms with Gasteiger partial charge in [0.25, 0.3) is 5.91 Å². The third-order valence-electron chi connectivity index (χ3n) is 6.71. The molecule has 2 aromatic carbocycles. The van der Waals surface area contributed by atoms with Gasteiger partial charge in [-0.15, -0.1) is 0 Å². The standard InChI is InChI=1S/C27H19ClF6N4O4/c28-16-4-2-1-3-13(16)24(27(32,33)34)36-26(42)15-9-38(22-17(30)7-12(29)8-18(22)31)25-14(23(15)41)5-6-21(35-25)37-10-19(39)20(40)11-37/h1-9,19-20,24,39-40H,10-11H2,(H,36,42)/t19-,20-,24?/m1/s1. The summed E-state index contributed by atoms with van der Waals surface area (Å²) in [5.41, 5.74) is -3.98. The van der Waals surface area contributed by atoms with Crippen molar-refractivity contribution in [3.05, 3.63) is 98.6 Å². The number of nitrogens with one attached hydrogen (secondary N) is 1. The lowest BCUT2D eigenvalue weighted by molar-refractivity contribution is -0.155. The Hall–Kier alpha value is -4.14. The van der Waals surface area contributed by atoms with E-state index in [1.807, 2.05) is 0 Å². The van der Waals surface area contributed by atoms with Gasteiger partial charge in [0, 0.05) is 42.0 Å². The molecule has 1 amide bonds. The topological polar surface area (TPSA) is 108 Å². The van der Waals surface area contributed by atoms with Crippen molar-refractivity contribution in [1.82, 2.24) is 14.9 Å². The van der Waals surface area contributed by atoms with Gasteiger partial charge in [-0.2, -0.15) is 13.2 Å². The zero-order valence-corrected chi connectivity index (χ0v) is 21.8. The number of hydrogen-bond acceptors (Lipinski definition) is 6. The number of alkyl halides is 3. The molecule has 4 aromatic rings. The number of rotatable bonds is 5. The molecular formula is C27H19ClF6N4O4. The minimum absolute atomic E-state index is 0.0576. The highest BCUT2D eigenvalue weighted by atomic mass is 35.5. The maximum atomic E-state index is 14.9. The molecule has 1 aliphatic heterocycles. The summed E-state index contributed by atoms with van der Waals surface area (Å²) in [6.07, 6.45) is -6.73. The molecule has 8 nitrogen and oxygen atoms in total. The number of aliphatic hydroxyl groups is 2. The number of aromatic nitrogens is 2. The number of hydrogen-bond donors (Lipinski definition) is 3. The lowest BCUT2D eigenvalue weighted by Crippen LogP contribution is -2.40. The first kappa shape index (κ1) is 29.4. The van der Waals surface area contributed by atoms with Crippen LogP contribution < -0.4 is 15.6 Å². The van der Waals surface area contributed by atoms with Crippen LogP contribution in [-0.4, -0.2) is 57.1 Å². The summed E-state index contributed by atoms with van der Waals surface area (Å²) in [7, 11) is 0. The Morgan fingerprint density at radius 1 is 1.02 bits per heavy atom. The molecule has 1 fully saturated rings. The van der Waals surface area contributed by atoms with E-state index in [0.717, 1.165) is 12.1 Å². The molecule has 0 aliphatic carbocycles. The zero-order valence-electron chi connectivity index (χ0n) is 21.0. The van der Waals surface area contributed by atoms with Crippen molar-refractivity contribution in [2.75, 3.05) is 18.0 Å². The van der Waals surface area contributed by atoms with Gasteiger partial charge in [0.1, 0.15) is 22.9 Å². The van der Waals surface area contributed by atoms with Crippen molar-refractivity contribution in [3.63, 3.8) is 0 Å². The first-order valence-corrected chi connectivity index (χ1v) is 12.6. The van der Waals surface area contributed by atoms with Crippen molar-refractivity contribution in [1.29, 1.82) is 0 Å². The number of β-amino-alcohol motifs (C(OH)–C–C–N with tert-alkyl or cyclic N) is 2. The van der Waals surface area contributed by atoms with E-state index in [2.05, 4.69) is 4.98 Å². The van der Waals surface area contributed by atoms with Crippen LogP contribution in [0.4, 0.5) is 32.2 Å². The smallest absolute Gasteiger partial charge is 0.389 e. The number of carbonyl (C=O) groups is 1. The second-order valence-corrected chi connectivity index (χ2v) is 9.92. The fourth-order valence-electron chi connectivity index (χ4n) is 4.68. The van der Waals surface area contributed by atoms with Crippen molar-refractivity contribution in [2.45, 2.75) is 24.4 Å². The number of amides is 1. The van der Waals surface area contributed by atoms with Crippen LogP contribution >= 0.6 is 11.6 Å². The maximum Gasteiger partial charge on any atom is 0.412 e. The van der Waals surface area contributed by atoms with Crippen molar-refractivity contribution >= 4 is 34.4 Å². The van der Waals surface area contributed by atoms with Gasteiger partial charge in [0.15, 0.2) is 23.3 Å². The molecule has 0 spiro atoms.